The third-order valence-corrected chi connectivity index (χ3v) is 4.61. The lowest BCUT2D eigenvalue weighted by molar-refractivity contribution is -0.143. The van der Waals surface area contributed by atoms with E-state index in [9.17, 15) is 9.59 Å². The van der Waals surface area contributed by atoms with Gasteiger partial charge in [0.25, 0.3) is 0 Å². The van der Waals surface area contributed by atoms with Gasteiger partial charge in [0.2, 0.25) is 11.7 Å². The first-order chi connectivity index (χ1) is 15.2. The first-order valence-corrected chi connectivity index (χ1v) is 10.0. The number of carbonyl (C=O) groups excluding carboxylic acids is 2. The summed E-state index contributed by atoms with van der Waals surface area (Å²) in [4.78, 5) is 32.6. The van der Waals surface area contributed by atoms with Crippen LogP contribution < -0.4 is 9.47 Å². The molecule has 0 unspecified atom stereocenters. The molecule has 1 aromatic carbocycles. The summed E-state index contributed by atoms with van der Waals surface area (Å²) in [7, 11) is 0. The highest BCUT2D eigenvalue weighted by Gasteiger charge is 2.16. The van der Waals surface area contributed by atoms with Crippen molar-refractivity contribution in [3.8, 4) is 22.9 Å². The average molecular weight is 423 g/mol. The Morgan fingerprint density at radius 3 is 2.77 bits per heavy atom. The summed E-state index contributed by atoms with van der Waals surface area (Å²) in [6.45, 7) is 1.15. The highest BCUT2D eigenvalue weighted by molar-refractivity contribution is 5.98. The zero-order valence-corrected chi connectivity index (χ0v) is 16.8. The molecule has 31 heavy (non-hydrogen) atoms. The number of rotatable bonds is 9. The highest BCUT2D eigenvalue weighted by atomic mass is 16.6. The number of pyridine rings is 1. The maximum Gasteiger partial charge on any atom is 0.306 e. The number of carbonyl (C=O) groups is 2. The molecule has 2 aromatic heterocycles. The molecule has 0 saturated heterocycles. The largest absolute Gasteiger partial charge is 0.486 e. The van der Waals surface area contributed by atoms with Crippen LogP contribution in [0.5, 0.6) is 11.5 Å². The first-order valence-electron chi connectivity index (χ1n) is 10.0. The minimum Gasteiger partial charge on any atom is -0.486 e. The van der Waals surface area contributed by atoms with Gasteiger partial charge in [0.1, 0.15) is 13.2 Å². The van der Waals surface area contributed by atoms with Crippen LogP contribution >= 0.6 is 0 Å². The standard InChI is InChI=1S/C22H21N3O6/c26-17(15-5-7-18-19(13-15)29-12-11-28-18)6-8-21(27)30-10-2-4-20-24-22(25-31-20)16-3-1-9-23-14-16/h1,3,5,7,9,13-14H,2,4,6,8,10-12H2. The molecule has 0 spiro atoms. The Bertz CT molecular complexity index is 1050. The Morgan fingerprint density at radius 1 is 1.06 bits per heavy atom. The second-order valence-electron chi connectivity index (χ2n) is 6.86. The quantitative estimate of drug-likeness (QED) is 0.291. The lowest BCUT2D eigenvalue weighted by atomic mass is 10.1. The van der Waals surface area contributed by atoms with Crippen molar-refractivity contribution in [2.75, 3.05) is 19.8 Å². The van der Waals surface area contributed by atoms with Gasteiger partial charge in [-0.3, -0.25) is 14.6 Å². The van der Waals surface area contributed by atoms with Crippen molar-refractivity contribution < 1.29 is 28.3 Å². The van der Waals surface area contributed by atoms with Crippen molar-refractivity contribution in [2.45, 2.75) is 25.7 Å². The van der Waals surface area contributed by atoms with Gasteiger partial charge < -0.3 is 18.7 Å². The summed E-state index contributed by atoms with van der Waals surface area (Å²) in [6, 6.07) is 8.66. The van der Waals surface area contributed by atoms with E-state index in [0.29, 0.717) is 54.8 Å². The van der Waals surface area contributed by atoms with Crippen LogP contribution in [0.15, 0.2) is 47.2 Å². The number of ketones is 1. The smallest absolute Gasteiger partial charge is 0.306 e. The predicted molar refractivity (Wildman–Crippen MR) is 108 cm³/mol. The zero-order valence-electron chi connectivity index (χ0n) is 16.8. The van der Waals surface area contributed by atoms with Gasteiger partial charge in [-0.05, 0) is 36.8 Å². The maximum atomic E-state index is 12.3. The molecule has 0 radical (unpaired) electrons. The summed E-state index contributed by atoms with van der Waals surface area (Å²) < 4.78 is 21.3. The molecule has 0 N–H and O–H groups in total. The fourth-order valence-corrected chi connectivity index (χ4v) is 3.03. The molecule has 1 aliphatic heterocycles. The molecule has 0 fully saturated rings. The van der Waals surface area contributed by atoms with Crippen LogP contribution in [-0.2, 0) is 16.0 Å². The molecular formula is C22H21N3O6. The zero-order chi connectivity index (χ0) is 21.5. The van der Waals surface area contributed by atoms with E-state index in [2.05, 4.69) is 15.1 Å². The van der Waals surface area contributed by atoms with Crippen LogP contribution in [-0.4, -0.2) is 46.7 Å². The number of aryl methyl sites for hydroxylation is 1. The highest BCUT2D eigenvalue weighted by Crippen LogP contribution is 2.31. The number of benzene rings is 1. The number of nitrogens with zero attached hydrogens (tertiary/aromatic N) is 3. The molecule has 9 heteroatoms. The molecule has 0 aliphatic carbocycles. The van der Waals surface area contributed by atoms with Gasteiger partial charge >= 0.3 is 5.97 Å². The molecule has 3 heterocycles. The van der Waals surface area contributed by atoms with Crippen molar-refractivity contribution in [2.24, 2.45) is 0 Å². The molecule has 160 valence electrons. The SMILES string of the molecule is O=C(CCC(=O)c1ccc2c(c1)OCCO2)OCCCc1nc(-c2cccnc2)no1. The third kappa shape index (κ3) is 5.44. The van der Waals surface area contributed by atoms with Crippen molar-refractivity contribution in [3.05, 3.63) is 54.2 Å². The monoisotopic (exact) mass is 423 g/mol. The number of hydrogen-bond donors (Lipinski definition) is 0. The second-order valence-corrected chi connectivity index (χ2v) is 6.86. The van der Waals surface area contributed by atoms with Crippen molar-refractivity contribution in [1.29, 1.82) is 0 Å². The Hall–Kier alpha value is -3.75. The lowest BCUT2D eigenvalue weighted by Gasteiger charge is -2.18. The topological polar surface area (TPSA) is 114 Å². The van der Waals surface area contributed by atoms with E-state index in [1.54, 1.807) is 36.7 Å². The first kappa shape index (κ1) is 20.5. The molecular weight excluding hydrogens is 402 g/mol. The van der Waals surface area contributed by atoms with E-state index < -0.39 is 5.97 Å². The normalized spacial score (nSPS) is 12.4. The van der Waals surface area contributed by atoms with Gasteiger partial charge in [-0.1, -0.05) is 5.16 Å². The number of Topliss-reactive ketones (excluding diaryl/α,β-unsaturated/α-hetero) is 1. The Labute approximate surface area is 178 Å². The fourth-order valence-electron chi connectivity index (χ4n) is 3.03. The van der Waals surface area contributed by atoms with Gasteiger partial charge in [-0.25, -0.2) is 0 Å². The summed E-state index contributed by atoms with van der Waals surface area (Å²) in [5.41, 5.74) is 1.25. The van der Waals surface area contributed by atoms with Gasteiger partial charge in [-0.2, -0.15) is 4.98 Å². The van der Waals surface area contributed by atoms with Gasteiger partial charge in [0, 0.05) is 36.4 Å². The molecule has 1 aliphatic rings. The van der Waals surface area contributed by atoms with Crippen LogP contribution in [0.25, 0.3) is 11.4 Å². The van der Waals surface area contributed by atoms with Crippen molar-refractivity contribution >= 4 is 11.8 Å². The molecule has 4 rings (SSSR count). The lowest BCUT2D eigenvalue weighted by Crippen LogP contribution is -2.16. The summed E-state index contributed by atoms with van der Waals surface area (Å²) in [5, 5.41) is 3.92. The molecule has 0 bridgehead atoms. The fraction of sp³-hybridized carbons (Fsp3) is 0.318. The van der Waals surface area contributed by atoms with Crippen LogP contribution in [0.3, 0.4) is 0 Å². The Morgan fingerprint density at radius 2 is 1.94 bits per heavy atom. The summed E-state index contributed by atoms with van der Waals surface area (Å²) >= 11 is 0. The van der Waals surface area contributed by atoms with Crippen LogP contribution in [0.2, 0.25) is 0 Å². The second kappa shape index (κ2) is 9.84. The number of aromatic nitrogens is 3. The predicted octanol–water partition coefficient (Wildman–Crippen LogP) is 3.04. The van der Waals surface area contributed by atoms with Crippen molar-refractivity contribution in [3.63, 3.8) is 0 Å². The van der Waals surface area contributed by atoms with Crippen molar-refractivity contribution in [1.82, 2.24) is 15.1 Å². The van der Waals surface area contributed by atoms with Crippen LogP contribution in [0.1, 0.15) is 35.5 Å². The van der Waals surface area contributed by atoms with E-state index in [1.165, 1.54) is 0 Å². The average Bonchev–Trinajstić information content (AvgIpc) is 3.29. The number of hydrogen-bond acceptors (Lipinski definition) is 9. The molecule has 0 amide bonds. The van der Waals surface area contributed by atoms with Gasteiger partial charge in [0.05, 0.1) is 13.0 Å². The minimum absolute atomic E-state index is 0.0129. The summed E-state index contributed by atoms with van der Waals surface area (Å²) in [5.74, 6) is 1.53. The number of ether oxygens (including phenoxy) is 3. The van der Waals surface area contributed by atoms with E-state index in [1.807, 2.05) is 6.07 Å². The van der Waals surface area contributed by atoms with E-state index in [-0.39, 0.29) is 25.2 Å². The summed E-state index contributed by atoms with van der Waals surface area (Å²) in [6.07, 6.45) is 4.42. The van der Waals surface area contributed by atoms with Crippen LogP contribution in [0.4, 0.5) is 0 Å². The minimum atomic E-state index is -0.424. The molecule has 9 nitrogen and oxygen atoms in total. The van der Waals surface area contributed by atoms with E-state index >= 15 is 0 Å². The van der Waals surface area contributed by atoms with Crippen LogP contribution in [0, 0.1) is 0 Å². The van der Waals surface area contributed by atoms with Gasteiger partial charge in [0.15, 0.2) is 17.3 Å². The maximum absolute atomic E-state index is 12.3. The molecule has 3 aromatic rings. The number of esters is 1. The third-order valence-electron chi connectivity index (χ3n) is 4.61. The van der Waals surface area contributed by atoms with Gasteiger partial charge in [-0.15, -0.1) is 0 Å². The number of fused-ring (bicyclic) bond motifs is 1. The van der Waals surface area contributed by atoms with E-state index in [0.717, 1.165) is 5.56 Å². The Balaban J connectivity index is 1.16. The molecule has 0 atom stereocenters. The Kier molecular flexibility index (Phi) is 6.51. The van der Waals surface area contributed by atoms with E-state index in [4.69, 9.17) is 18.7 Å². The molecule has 0 saturated carbocycles.